The molecule has 25 heavy (non-hydrogen) atoms. The van der Waals surface area contributed by atoms with Crippen molar-refractivity contribution in [1.29, 1.82) is 0 Å². The molecule has 4 heteroatoms. The lowest BCUT2D eigenvalue weighted by molar-refractivity contribution is 0.0601. The Labute approximate surface area is 149 Å². The van der Waals surface area contributed by atoms with Gasteiger partial charge in [0.05, 0.1) is 25.0 Å². The van der Waals surface area contributed by atoms with E-state index < -0.39 is 0 Å². The Morgan fingerprint density at radius 1 is 1.00 bits per heavy atom. The Balaban J connectivity index is 1.85. The molecule has 0 saturated heterocycles. The molecule has 4 nitrogen and oxygen atoms in total. The largest absolute Gasteiger partial charge is 0.494 e. The van der Waals surface area contributed by atoms with Crippen molar-refractivity contribution in [2.24, 2.45) is 4.99 Å². The molecule has 0 heterocycles. The van der Waals surface area contributed by atoms with Crippen LogP contribution < -0.4 is 4.74 Å². The fourth-order valence-corrected chi connectivity index (χ4v) is 2.32. The minimum absolute atomic E-state index is 0.346. The summed E-state index contributed by atoms with van der Waals surface area (Å²) >= 11 is 0. The van der Waals surface area contributed by atoms with Gasteiger partial charge in [-0.2, -0.15) is 0 Å². The Bertz CT molecular complexity index is 675. The fraction of sp³-hybridized carbons (Fsp3) is 0.333. The average molecular weight is 339 g/mol. The molecule has 0 saturated carbocycles. The third kappa shape index (κ3) is 6.42. The lowest BCUT2D eigenvalue weighted by Crippen LogP contribution is -1.99. The van der Waals surface area contributed by atoms with E-state index in [9.17, 15) is 4.79 Å². The number of benzene rings is 2. The molecule has 0 N–H and O–H groups in total. The molecule has 0 amide bonds. The van der Waals surface area contributed by atoms with Crippen LogP contribution in [0, 0.1) is 0 Å². The summed E-state index contributed by atoms with van der Waals surface area (Å²) in [6, 6.07) is 14.9. The van der Waals surface area contributed by atoms with E-state index in [2.05, 4.69) is 16.7 Å². The maximum Gasteiger partial charge on any atom is 0.337 e. The number of nitrogens with zero attached hydrogens (tertiary/aromatic N) is 1. The molecule has 0 bridgehead atoms. The van der Waals surface area contributed by atoms with Gasteiger partial charge in [0.25, 0.3) is 0 Å². The highest BCUT2D eigenvalue weighted by Crippen LogP contribution is 2.15. The first-order chi connectivity index (χ1) is 12.2. The maximum absolute atomic E-state index is 11.4. The summed E-state index contributed by atoms with van der Waals surface area (Å²) in [6.07, 6.45) is 6.60. The van der Waals surface area contributed by atoms with Gasteiger partial charge in [0.1, 0.15) is 5.75 Å². The molecule has 2 aromatic carbocycles. The number of methoxy groups -OCH3 is 1. The van der Waals surface area contributed by atoms with Crippen LogP contribution in [-0.2, 0) is 4.74 Å². The molecule has 2 rings (SSSR count). The van der Waals surface area contributed by atoms with Crippen molar-refractivity contribution >= 4 is 17.9 Å². The summed E-state index contributed by atoms with van der Waals surface area (Å²) in [7, 11) is 1.37. The normalized spacial score (nSPS) is 10.8. The SMILES string of the molecule is CCCCCCOc1ccc(C=Nc2ccc(C(=O)OC)cc2)cc1. The second kappa shape index (κ2) is 10.3. The molecule has 0 aliphatic rings. The van der Waals surface area contributed by atoms with Gasteiger partial charge in [-0.15, -0.1) is 0 Å². The Kier molecular flexibility index (Phi) is 7.70. The summed E-state index contributed by atoms with van der Waals surface area (Å²) in [5, 5.41) is 0. The van der Waals surface area contributed by atoms with Crippen LogP contribution in [0.4, 0.5) is 5.69 Å². The standard InChI is InChI=1S/C21H25NO3/c1-3-4-5-6-15-25-20-13-7-17(8-14-20)16-22-19-11-9-18(10-12-19)21(23)24-2/h7-14,16H,3-6,15H2,1-2H3. The number of unbranched alkanes of at least 4 members (excludes halogenated alkanes) is 3. The van der Waals surface area contributed by atoms with Gasteiger partial charge < -0.3 is 9.47 Å². The maximum atomic E-state index is 11.4. The highest BCUT2D eigenvalue weighted by atomic mass is 16.5. The summed E-state index contributed by atoms with van der Waals surface area (Å²) < 4.78 is 10.4. The number of rotatable bonds is 9. The van der Waals surface area contributed by atoms with E-state index in [1.807, 2.05) is 24.3 Å². The van der Waals surface area contributed by atoms with Gasteiger partial charge in [0.2, 0.25) is 0 Å². The molecule has 0 fully saturated rings. The van der Waals surface area contributed by atoms with Crippen LogP contribution in [0.15, 0.2) is 53.5 Å². The molecular weight excluding hydrogens is 314 g/mol. The van der Waals surface area contributed by atoms with Crippen molar-refractivity contribution in [2.45, 2.75) is 32.6 Å². The number of aliphatic imine (C=N–C) groups is 1. The molecule has 0 unspecified atom stereocenters. The first kappa shape index (κ1) is 18.7. The van der Waals surface area contributed by atoms with Crippen LogP contribution in [0.2, 0.25) is 0 Å². The minimum atomic E-state index is -0.346. The summed E-state index contributed by atoms with van der Waals surface area (Å²) in [5.74, 6) is 0.539. The van der Waals surface area contributed by atoms with E-state index in [1.54, 1.807) is 30.5 Å². The number of carbonyl (C=O) groups excluding carboxylic acids is 1. The number of esters is 1. The van der Waals surface area contributed by atoms with Gasteiger partial charge in [-0.3, -0.25) is 4.99 Å². The van der Waals surface area contributed by atoms with E-state index in [1.165, 1.54) is 26.4 Å². The third-order valence-corrected chi connectivity index (χ3v) is 3.80. The zero-order valence-corrected chi connectivity index (χ0v) is 14.9. The molecule has 132 valence electrons. The van der Waals surface area contributed by atoms with E-state index in [-0.39, 0.29) is 5.97 Å². The van der Waals surface area contributed by atoms with Crippen LogP contribution in [0.25, 0.3) is 0 Å². The highest BCUT2D eigenvalue weighted by Gasteiger charge is 2.03. The predicted octanol–water partition coefficient (Wildman–Crippen LogP) is 5.18. The van der Waals surface area contributed by atoms with E-state index in [4.69, 9.17) is 4.74 Å². The number of hydrogen-bond acceptors (Lipinski definition) is 4. The molecule has 2 aromatic rings. The van der Waals surface area contributed by atoms with Crippen LogP contribution >= 0.6 is 0 Å². The van der Waals surface area contributed by atoms with Crippen LogP contribution in [0.3, 0.4) is 0 Å². The molecular formula is C21H25NO3. The summed E-state index contributed by atoms with van der Waals surface area (Å²) in [5.41, 5.74) is 2.29. The number of carbonyl (C=O) groups is 1. The second-order valence-corrected chi connectivity index (χ2v) is 5.77. The van der Waals surface area contributed by atoms with Crippen LogP contribution in [0.1, 0.15) is 48.5 Å². The zero-order chi connectivity index (χ0) is 17.9. The smallest absolute Gasteiger partial charge is 0.337 e. The van der Waals surface area contributed by atoms with Crippen molar-refractivity contribution < 1.29 is 14.3 Å². The topological polar surface area (TPSA) is 47.9 Å². The molecule has 0 spiro atoms. The van der Waals surface area contributed by atoms with Crippen LogP contribution in [-0.4, -0.2) is 25.9 Å². The lowest BCUT2D eigenvalue weighted by atomic mass is 10.2. The van der Waals surface area contributed by atoms with Crippen molar-refractivity contribution in [3.63, 3.8) is 0 Å². The summed E-state index contributed by atoms with van der Waals surface area (Å²) in [4.78, 5) is 15.8. The van der Waals surface area contributed by atoms with E-state index in [0.717, 1.165) is 30.0 Å². The average Bonchev–Trinajstić information content (AvgIpc) is 2.67. The Morgan fingerprint density at radius 2 is 1.72 bits per heavy atom. The number of hydrogen-bond donors (Lipinski definition) is 0. The zero-order valence-electron chi connectivity index (χ0n) is 14.9. The van der Waals surface area contributed by atoms with Crippen LogP contribution in [0.5, 0.6) is 5.75 Å². The minimum Gasteiger partial charge on any atom is -0.494 e. The van der Waals surface area contributed by atoms with Gasteiger partial charge in [-0.25, -0.2) is 4.79 Å². The first-order valence-electron chi connectivity index (χ1n) is 8.68. The molecule has 0 aliphatic carbocycles. The van der Waals surface area contributed by atoms with Gasteiger partial charge >= 0.3 is 5.97 Å². The predicted molar refractivity (Wildman–Crippen MR) is 101 cm³/mol. The highest BCUT2D eigenvalue weighted by molar-refractivity contribution is 5.90. The lowest BCUT2D eigenvalue weighted by Gasteiger charge is -2.06. The van der Waals surface area contributed by atoms with Crippen molar-refractivity contribution in [3.05, 3.63) is 59.7 Å². The third-order valence-electron chi connectivity index (χ3n) is 3.80. The molecule has 0 aliphatic heterocycles. The van der Waals surface area contributed by atoms with E-state index in [0.29, 0.717) is 5.56 Å². The molecule has 0 atom stereocenters. The molecule has 0 radical (unpaired) electrons. The van der Waals surface area contributed by atoms with Crippen molar-refractivity contribution in [1.82, 2.24) is 0 Å². The monoisotopic (exact) mass is 339 g/mol. The Morgan fingerprint density at radius 3 is 2.36 bits per heavy atom. The van der Waals surface area contributed by atoms with Gasteiger partial charge in [-0.1, -0.05) is 26.2 Å². The van der Waals surface area contributed by atoms with E-state index >= 15 is 0 Å². The first-order valence-corrected chi connectivity index (χ1v) is 8.68. The van der Waals surface area contributed by atoms with Crippen molar-refractivity contribution in [3.8, 4) is 5.75 Å². The fourth-order valence-electron chi connectivity index (χ4n) is 2.32. The quantitative estimate of drug-likeness (QED) is 0.359. The van der Waals surface area contributed by atoms with Gasteiger partial charge in [0, 0.05) is 6.21 Å². The number of ether oxygens (including phenoxy) is 2. The van der Waals surface area contributed by atoms with Gasteiger partial charge in [0.15, 0.2) is 0 Å². The van der Waals surface area contributed by atoms with Gasteiger partial charge in [-0.05, 0) is 60.5 Å². The molecule has 0 aromatic heterocycles. The second-order valence-electron chi connectivity index (χ2n) is 5.77. The van der Waals surface area contributed by atoms with Crippen molar-refractivity contribution in [2.75, 3.05) is 13.7 Å². The Hall–Kier alpha value is -2.62. The summed E-state index contributed by atoms with van der Waals surface area (Å²) in [6.45, 7) is 2.97.